The highest BCUT2D eigenvalue weighted by Gasteiger charge is 2.13. The van der Waals surface area contributed by atoms with Crippen LogP contribution in [0.3, 0.4) is 0 Å². The molecule has 5 nitrogen and oxygen atoms in total. The Labute approximate surface area is 124 Å². The molecule has 0 radical (unpaired) electrons. The predicted octanol–water partition coefficient (Wildman–Crippen LogP) is 2.27. The van der Waals surface area contributed by atoms with Crippen LogP contribution in [0.4, 0.5) is 0 Å². The molecule has 1 heterocycles. The molecule has 1 aromatic heterocycles. The summed E-state index contributed by atoms with van der Waals surface area (Å²) in [6.45, 7) is 6.52. The van der Waals surface area contributed by atoms with Crippen LogP contribution in [-0.2, 0) is 0 Å². The molecule has 1 atom stereocenters. The van der Waals surface area contributed by atoms with Gasteiger partial charge in [0, 0.05) is 18.3 Å². The maximum Gasteiger partial charge on any atom is 0.254 e. The highest BCUT2D eigenvalue weighted by atomic mass is 16.1. The molecule has 2 rings (SSSR count). The molecule has 0 fully saturated rings. The van der Waals surface area contributed by atoms with Crippen LogP contribution in [-0.4, -0.2) is 22.6 Å². The molecule has 0 bridgehead atoms. The number of nitrogens with two attached hydrogens (primary N) is 1. The topological polar surface area (TPSA) is 83.8 Å². The molecular weight excluding hydrogens is 264 g/mol. The number of H-pyrrole nitrogens is 1. The van der Waals surface area contributed by atoms with Gasteiger partial charge in [-0.25, -0.2) is 0 Å². The van der Waals surface area contributed by atoms with Crippen molar-refractivity contribution in [2.45, 2.75) is 32.7 Å². The molecule has 112 valence electrons. The highest BCUT2D eigenvalue weighted by Crippen LogP contribution is 2.17. The lowest BCUT2D eigenvalue weighted by molar-refractivity contribution is 0.0950. The van der Waals surface area contributed by atoms with E-state index in [1.807, 2.05) is 19.1 Å². The van der Waals surface area contributed by atoms with Crippen LogP contribution in [0.15, 0.2) is 30.5 Å². The van der Waals surface area contributed by atoms with Crippen LogP contribution in [0.25, 0.3) is 0 Å². The SMILES string of the molecule is Cc1[nH]ncc1C(=O)NCC(N)c1ccc(C(C)C)cc1. The lowest BCUT2D eigenvalue weighted by atomic mass is 9.99. The van der Waals surface area contributed by atoms with Gasteiger partial charge < -0.3 is 11.1 Å². The van der Waals surface area contributed by atoms with Crippen LogP contribution in [0.1, 0.15) is 53.0 Å². The van der Waals surface area contributed by atoms with Crippen molar-refractivity contribution in [1.29, 1.82) is 0 Å². The average Bonchev–Trinajstić information content (AvgIpc) is 2.90. The van der Waals surface area contributed by atoms with Gasteiger partial charge in [0.2, 0.25) is 0 Å². The third kappa shape index (κ3) is 3.70. The number of rotatable bonds is 5. The zero-order chi connectivity index (χ0) is 15.4. The quantitative estimate of drug-likeness (QED) is 0.788. The van der Waals surface area contributed by atoms with Gasteiger partial charge in [0.25, 0.3) is 5.91 Å². The standard InChI is InChI=1S/C16H22N4O/c1-10(2)12-4-6-13(7-5-12)15(17)9-18-16(21)14-8-19-20-11(14)3/h4-8,10,15H,9,17H2,1-3H3,(H,18,21)(H,19,20). The second kappa shape index (κ2) is 6.54. The highest BCUT2D eigenvalue weighted by molar-refractivity contribution is 5.94. The summed E-state index contributed by atoms with van der Waals surface area (Å²) in [5.74, 6) is 0.342. The fourth-order valence-electron chi connectivity index (χ4n) is 2.12. The Kier molecular flexibility index (Phi) is 4.75. The van der Waals surface area contributed by atoms with E-state index < -0.39 is 0 Å². The fourth-order valence-corrected chi connectivity index (χ4v) is 2.12. The predicted molar refractivity (Wildman–Crippen MR) is 83.1 cm³/mol. The van der Waals surface area contributed by atoms with Crippen molar-refractivity contribution in [2.24, 2.45) is 5.73 Å². The number of aromatic amines is 1. The third-order valence-electron chi connectivity index (χ3n) is 3.59. The summed E-state index contributed by atoms with van der Waals surface area (Å²) in [5.41, 5.74) is 9.73. The number of aryl methyl sites for hydroxylation is 1. The lowest BCUT2D eigenvalue weighted by Gasteiger charge is -2.14. The number of nitrogens with zero attached hydrogens (tertiary/aromatic N) is 1. The maximum atomic E-state index is 12.0. The Morgan fingerprint density at radius 3 is 2.43 bits per heavy atom. The molecule has 1 aromatic carbocycles. The van der Waals surface area contributed by atoms with Gasteiger partial charge in [-0.1, -0.05) is 38.1 Å². The summed E-state index contributed by atoms with van der Waals surface area (Å²) >= 11 is 0. The largest absolute Gasteiger partial charge is 0.350 e. The molecule has 5 heteroatoms. The number of hydrogen-bond donors (Lipinski definition) is 3. The van der Waals surface area contributed by atoms with E-state index in [0.717, 1.165) is 11.3 Å². The Hall–Kier alpha value is -2.14. The van der Waals surface area contributed by atoms with Gasteiger partial charge in [-0.3, -0.25) is 9.89 Å². The smallest absolute Gasteiger partial charge is 0.254 e. The van der Waals surface area contributed by atoms with Crippen molar-refractivity contribution >= 4 is 5.91 Å². The van der Waals surface area contributed by atoms with E-state index in [-0.39, 0.29) is 11.9 Å². The Morgan fingerprint density at radius 1 is 1.29 bits per heavy atom. The third-order valence-corrected chi connectivity index (χ3v) is 3.59. The minimum absolute atomic E-state index is 0.157. The molecule has 0 saturated carbocycles. The number of carbonyl (C=O) groups excluding carboxylic acids is 1. The zero-order valence-corrected chi connectivity index (χ0v) is 12.7. The Bertz CT molecular complexity index is 601. The van der Waals surface area contributed by atoms with E-state index in [1.165, 1.54) is 11.8 Å². The zero-order valence-electron chi connectivity index (χ0n) is 12.7. The second-order valence-corrected chi connectivity index (χ2v) is 5.55. The first kappa shape index (κ1) is 15.3. The van der Waals surface area contributed by atoms with E-state index in [2.05, 4.69) is 41.5 Å². The van der Waals surface area contributed by atoms with Crippen LogP contribution >= 0.6 is 0 Å². The molecule has 21 heavy (non-hydrogen) atoms. The fraction of sp³-hybridized carbons (Fsp3) is 0.375. The van der Waals surface area contributed by atoms with E-state index in [0.29, 0.717) is 18.0 Å². The summed E-state index contributed by atoms with van der Waals surface area (Å²) < 4.78 is 0. The maximum absolute atomic E-state index is 12.0. The molecule has 0 aliphatic heterocycles. The molecule has 0 aliphatic carbocycles. The number of hydrogen-bond acceptors (Lipinski definition) is 3. The van der Waals surface area contributed by atoms with Gasteiger partial charge in [0.15, 0.2) is 0 Å². The van der Waals surface area contributed by atoms with E-state index >= 15 is 0 Å². The first-order valence-corrected chi connectivity index (χ1v) is 7.12. The van der Waals surface area contributed by atoms with Crippen molar-refractivity contribution in [1.82, 2.24) is 15.5 Å². The molecule has 4 N–H and O–H groups in total. The summed E-state index contributed by atoms with van der Waals surface area (Å²) in [6.07, 6.45) is 1.52. The van der Waals surface area contributed by atoms with Gasteiger partial charge in [-0.2, -0.15) is 5.10 Å². The van der Waals surface area contributed by atoms with E-state index in [9.17, 15) is 4.79 Å². The molecule has 1 unspecified atom stereocenters. The number of benzene rings is 1. The van der Waals surface area contributed by atoms with Crippen molar-refractivity contribution < 1.29 is 4.79 Å². The Morgan fingerprint density at radius 2 is 1.90 bits per heavy atom. The van der Waals surface area contributed by atoms with Crippen molar-refractivity contribution in [2.75, 3.05) is 6.54 Å². The summed E-state index contributed by atoms with van der Waals surface area (Å²) in [7, 11) is 0. The van der Waals surface area contributed by atoms with Crippen LogP contribution in [0, 0.1) is 6.92 Å². The lowest BCUT2D eigenvalue weighted by Crippen LogP contribution is -2.32. The second-order valence-electron chi connectivity index (χ2n) is 5.55. The first-order valence-electron chi connectivity index (χ1n) is 7.12. The number of nitrogens with one attached hydrogen (secondary N) is 2. The van der Waals surface area contributed by atoms with Gasteiger partial charge in [0.1, 0.15) is 0 Å². The minimum atomic E-state index is -0.220. The van der Waals surface area contributed by atoms with Gasteiger partial charge in [-0.05, 0) is 24.0 Å². The molecule has 0 saturated heterocycles. The van der Waals surface area contributed by atoms with Crippen molar-refractivity contribution in [3.05, 3.63) is 52.8 Å². The minimum Gasteiger partial charge on any atom is -0.350 e. The summed E-state index contributed by atoms with van der Waals surface area (Å²) in [6, 6.07) is 8.00. The van der Waals surface area contributed by atoms with E-state index in [1.54, 1.807) is 0 Å². The molecule has 1 amide bonds. The molecule has 0 aliphatic rings. The Balaban J connectivity index is 1.94. The van der Waals surface area contributed by atoms with Crippen molar-refractivity contribution in [3.63, 3.8) is 0 Å². The molecule has 0 spiro atoms. The average molecular weight is 286 g/mol. The van der Waals surface area contributed by atoms with Crippen LogP contribution < -0.4 is 11.1 Å². The van der Waals surface area contributed by atoms with E-state index in [4.69, 9.17) is 5.73 Å². The monoisotopic (exact) mass is 286 g/mol. The van der Waals surface area contributed by atoms with Crippen LogP contribution in [0.5, 0.6) is 0 Å². The summed E-state index contributed by atoms with van der Waals surface area (Å²) in [4.78, 5) is 12.0. The normalized spacial score (nSPS) is 12.4. The van der Waals surface area contributed by atoms with Crippen LogP contribution in [0.2, 0.25) is 0 Å². The van der Waals surface area contributed by atoms with Crippen molar-refractivity contribution in [3.8, 4) is 0 Å². The molecule has 2 aromatic rings. The number of aromatic nitrogens is 2. The summed E-state index contributed by atoms with van der Waals surface area (Å²) in [5, 5.41) is 9.42. The van der Waals surface area contributed by atoms with Gasteiger partial charge in [-0.15, -0.1) is 0 Å². The number of carbonyl (C=O) groups is 1. The van der Waals surface area contributed by atoms with Gasteiger partial charge >= 0.3 is 0 Å². The molecular formula is C16H22N4O. The van der Waals surface area contributed by atoms with Gasteiger partial charge in [0.05, 0.1) is 11.8 Å². The first-order chi connectivity index (χ1) is 9.99. The number of amides is 1.